The van der Waals surface area contributed by atoms with Crippen molar-refractivity contribution in [2.24, 2.45) is 0 Å². The molecule has 0 aliphatic heterocycles. The predicted molar refractivity (Wildman–Crippen MR) is 186 cm³/mol. The summed E-state index contributed by atoms with van der Waals surface area (Å²) in [6.45, 7) is 11.1. The van der Waals surface area contributed by atoms with E-state index in [0.29, 0.717) is 46.1 Å². The number of ether oxygens (including phenoxy) is 2. The minimum atomic E-state index is -4.58. The average molecular weight is 690 g/mol. The molecule has 0 aliphatic rings. The molecule has 14 heteroatoms. The van der Waals surface area contributed by atoms with E-state index in [1.807, 2.05) is 50.2 Å². The van der Waals surface area contributed by atoms with E-state index in [2.05, 4.69) is 34.9 Å². The molecule has 0 saturated carbocycles. The molecular weight excluding hydrogens is 652 g/mol. The number of methoxy groups -OCH3 is 1. The van der Waals surface area contributed by atoms with Gasteiger partial charge in [-0.05, 0) is 61.9 Å². The summed E-state index contributed by atoms with van der Waals surface area (Å²) < 4.78 is 58.4. The van der Waals surface area contributed by atoms with Crippen LogP contribution in [0.3, 0.4) is 0 Å². The second-order valence-electron chi connectivity index (χ2n) is 13.2. The molecule has 0 bridgehead atoms. The topological polar surface area (TPSA) is 100 Å². The van der Waals surface area contributed by atoms with E-state index >= 15 is 0 Å². The van der Waals surface area contributed by atoms with E-state index in [1.165, 1.54) is 19.5 Å². The fraction of sp³-hybridized carbons (Fsp3) is 0.314. The number of rotatable bonds is 11. The number of anilines is 1. The molecule has 1 atom stereocenters. The van der Waals surface area contributed by atoms with Gasteiger partial charge in [0, 0.05) is 38.2 Å². The smallest absolute Gasteiger partial charge is 0.416 e. The number of alkyl halides is 3. The van der Waals surface area contributed by atoms with Crippen molar-refractivity contribution >= 4 is 30.4 Å². The molecule has 0 spiro atoms. The number of aromatic nitrogens is 6. The van der Waals surface area contributed by atoms with E-state index in [1.54, 1.807) is 26.0 Å². The molecule has 10 nitrogen and oxygen atoms in total. The summed E-state index contributed by atoms with van der Waals surface area (Å²) in [7, 11) is 0.0459. The van der Waals surface area contributed by atoms with Crippen LogP contribution >= 0.6 is 0 Å². The van der Waals surface area contributed by atoms with Gasteiger partial charge in [-0.2, -0.15) is 18.3 Å². The summed E-state index contributed by atoms with van der Waals surface area (Å²) in [6, 6.07) is 14.8. The van der Waals surface area contributed by atoms with Crippen molar-refractivity contribution in [2.75, 3.05) is 19.0 Å². The number of nitrogens with zero attached hydrogens (tertiary/aromatic N) is 6. The lowest BCUT2D eigenvalue weighted by Crippen LogP contribution is -2.29. The fourth-order valence-electron chi connectivity index (χ4n) is 5.78. The summed E-state index contributed by atoms with van der Waals surface area (Å²) in [5.41, 5.74) is 1.92. The molecule has 6 aromatic rings. The van der Waals surface area contributed by atoms with Gasteiger partial charge in [0.2, 0.25) is 0 Å². The summed E-state index contributed by atoms with van der Waals surface area (Å²) in [5.74, 6) is 0.992. The monoisotopic (exact) mass is 689 g/mol. The van der Waals surface area contributed by atoms with Crippen LogP contribution in [0.15, 0.2) is 78.1 Å². The zero-order valence-corrected chi connectivity index (χ0v) is 29.2. The molecule has 0 fully saturated rings. The lowest BCUT2D eigenvalue weighted by Gasteiger charge is -2.20. The summed E-state index contributed by atoms with van der Waals surface area (Å²) in [5, 5.41) is 8.71. The van der Waals surface area contributed by atoms with Gasteiger partial charge in [0.25, 0.3) is 5.56 Å². The lowest BCUT2D eigenvalue weighted by atomic mass is 10.0. The molecule has 0 amide bonds. The van der Waals surface area contributed by atoms with Gasteiger partial charge < -0.3 is 19.4 Å². The Balaban J connectivity index is 1.51. The number of benzene rings is 2. The van der Waals surface area contributed by atoms with Gasteiger partial charge in [0.05, 0.1) is 29.8 Å². The number of aryl methyl sites for hydroxylation is 1. The molecule has 256 valence electrons. The van der Waals surface area contributed by atoms with Gasteiger partial charge in [0.1, 0.15) is 35.8 Å². The highest BCUT2D eigenvalue weighted by Crippen LogP contribution is 2.42. The van der Waals surface area contributed by atoms with Crippen LogP contribution in [-0.2, 0) is 17.6 Å². The highest BCUT2D eigenvalue weighted by atomic mass is 28.3. The molecule has 0 radical (unpaired) electrons. The Hall–Kier alpha value is -4.95. The van der Waals surface area contributed by atoms with Gasteiger partial charge in [0.15, 0.2) is 5.82 Å². The molecule has 0 aliphatic carbocycles. The Kier molecular flexibility index (Phi) is 9.11. The Morgan fingerprint density at radius 1 is 1.02 bits per heavy atom. The van der Waals surface area contributed by atoms with Crippen LogP contribution in [0.2, 0.25) is 25.7 Å². The van der Waals surface area contributed by atoms with Crippen LogP contribution in [0.4, 0.5) is 19.0 Å². The minimum absolute atomic E-state index is 0.132. The van der Waals surface area contributed by atoms with Crippen LogP contribution in [0.25, 0.3) is 33.4 Å². The van der Waals surface area contributed by atoms with Gasteiger partial charge >= 0.3 is 6.18 Å². The van der Waals surface area contributed by atoms with E-state index < -0.39 is 25.9 Å². The molecule has 4 heterocycles. The highest BCUT2D eigenvalue weighted by Gasteiger charge is 2.32. The highest BCUT2D eigenvalue weighted by molar-refractivity contribution is 6.76. The van der Waals surface area contributed by atoms with Crippen LogP contribution in [0, 0.1) is 6.92 Å². The number of halogens is 3. The van der Waals surface area contributed by atoms with Crippen molar-refractivity contribution in [2.45, 2.75) is 58.5 Å². The van der Waals surface area contributed by atoms with Crippen molar-refractivity contribution < 1.29 is 22.6 Å². The molecule has 6 rings (SSSR count). The third-order valence-electron chi connectivity index (χ3n) is 8.37. The zero-order valence-electron chi connectivity index (χ0n) is 28.2. The maximum atomic E-state index is 14.0. The first-order valence-electron chi connectivity index (χ1n) is 15.9. The fourth-order valence-corrected chi connectivity index (χ4v) is 6.54. The molecular formula is C35H38F3N7O3Si. The third-order valence-corrected chi connectivity index (χ3v) is 10.1. The van der Waals surface area contributed by atoms with Crippen molar-refractivity contribution in [1.29, 1.82) is 0 Å². The Bertz CT molecular complexity index is 2190. The Labute approximate surface area is 282 Å². The van der Waals surface area contributed by atoms with E-state index in [9.17, 15) is 18.0 Å². The number of hydrogen-bond donors (Lipinski definition) is 1. The number of hydrogen-bond acceptors (Lipinski definition) is 7. The third kappa shape index (κ3) is 6.83. The molecule has 2 aromatic carbocycles. The van der Waals surface area contributed by atoms with Gasteiger partial charge in [-0.15, -0.1) is 0 Å². The summed E-state index contributed by atoms with van der Waals surface area (Å²) in [4.78, 5) is 23.1. The van der Waals surface area contributed by atoms with Crippen molar-refractivity contribution in [1.82, 2.24) is 28.7 Å². The van der Waals surface area contributed by atoms with Crippen LogP contribution in [-0.4, -0.2) is 50.5 Å². The molecule has 1 unspecified atom stereocenters. The maximum absolute atomic E-state index is 14.0. The first-order chi connectivity index (χ1) is 23.3. The van der Waals surface area contributed by atoms with E-state index in [4.69, 9.17) is 14.6 Å². The average Bonchev–Trinajstić information content (AvgIpc) is 3.63. The number of fused-ring (bicyclic) bond motifs is 2. The number of nitrogens with one attached hydrogen (secondary N) is 1. The van der Waals surface area contributed by atoms with E-state index in [-0.39, 0.29) is 23.6 Å². The SMILES string of the molecule is COc1ccc(C(F)(F)F)cc1-c1cn(COCC[Si](C)(C)C)c2ncnc(NC(C)c3nn4ccc(C)c4c(=O)n3-c3ccccc3)c12. The molecule has 1 N–H and O–H groups in total. The summed E-state index contributed by atoms with van der Waals surface area (Å²) >= 11 is 0. The zero-order chi connectivity index (χ0) is 35.1. The molecule has 0 saturated heterocycles. The van der Waals surface area contributed by atoms with Crippen molar-refractivity contribution in [3.05, 3.63) is 101 Å². The largest absolute Gasteiger partial charge is 0.496 e. The predicted octanol–water partition coefficient (Wildman–Crippen LogP) is 7.72. The molecule has 49 heavy (non-hydrogen) atoms. The Morgan fingerprint density at radius 2 is 1.78 bits per heavy atom. The normalized spacial score (nSPS) is 12.9. The van der Waals surface area contributed by atoms with Gasteiger partial charge in [-0.3, -0.25) is 9.36 Å². The van der Waals surface area contributed by atoms with Gasteiger partial charge in [-0.1, -0.05) is 37.8 Å². The quantitative estimate of drug-likeness (QED) is 0.110. The minimum Gasteiger partial charge on any atom is -0.496 e. The Morgan fingerprint density at radius 3 is 2.47 bits per heavy atom. The second-order valence-corrected chi connectivity index (χ2v) is 18.8. The van der Waals surface area contributed by atoms with E-state index in [0.717, 1.165) is 23.7 Å². The lowest BCUT2D eigenvalue weighted by molar-refractivity contribution is -0.137. The van der Waals surface area contributed by atoms with Gasteiger partial charge in [-0.25, -0.2) is 14.5 Å². The van der Waals surface area contributed by atoms with Crippen LogP contribution < -0.4 is 15.6 Å². The maximum Gasteiger partial charge on any atom is 0.416 e. The van der Waals surface area contributed by atoms with Crippen LogP contribution in [0.5, 0.6) is 5.75 Å². The first-order valence-corrected chi connectivity index (χ1v) is 19.6. The van der Waals surface area contributed by atoms with Crippen LogP contribution in [0.1, 0.15) is 29.9 Å². The first kappa shape index (κ1) is 33.9. The number of para-hydroxylation sites is 1. The van der Waals surface area contributed by atoms with Crippen molar-refractivity contribution in [3.63, 3.8) is 0 Å². The second kappa shape index (κ2) is 13.2. The molecule has 4 aromatic heterocycles. The summed E-state index contributed by atoms with van der Waals surface area (Å²) in [6.07, 6.45) is 0.266. The van der Waals surface area contributed by atoms with Crippen molar-refractivity contribution in [3.8, 4) is 22.6 Å². The standard InChI is InChI=1S/C35H38F3N7O3Si/c1-22-14-15-44-30(22)34(46)45(25-10-8-7-9-11-25)32(42-44)23(2)41-31-29-27(26-18-24(35(36,37)38)12-13-28(26)47-3)19-43(33(29)40-20-39-31)21-48-16-17-49(4,5)6/h7-15,18-20,23H,16-17,21H2,1-6H3,(H,39,40,41).